The monoisotopic (exact) mass is 476 g/mol. The molecule has 0 fully saturated rings. The van der Waals surface area contributed by atoms with E-state index in [0.717, 1.165) is 0 Å². The zero-order valence-corrected chi connectivity index (χ0v) is 19.2. The number of carboxylic acids is 1. The van der Waals surface area contributed by atoms with Crippen LogP contribution < -0.4 is 5.32 Å². The summed E-state index contributed by atoms with van der Waals surface area (Å²) >= 11 is 11.9. The van der Waals surface area contributed by atoms with Crippen LogP contribution >= 0.6 is 23.2 Å². The Labute approximate surface area is 194 Å². The molecule has 0 bridgehead atoms. The number of pyridine rings is 1. The number of rotatable bonds is 7. The van der Waals surface area contributed by atoms with E-state index < -0.39 is 23.5 Å². The Bertz CT molecular complexity index is 1170. The third-order valence-corrected chi connectivity index (χ3v) is 5.11. The van der Waals surface area contributed by atoms with Crippen molar-refractivity contribution < 1.29 is 19.5 Å². The minimum absolute atomic E-state index is 0.00915. The number of fused-ring (bicyclic) bond motifs is 1. The number of carboxylic acid groups (broad SMARTS) is 1. The summed E-state index contributed by atoms with van der Waals surface area (Å²) in [6.45, 7) is 5.39. The van der Waals surface area contributed by atoms with E-state index in [4.69, 9.17) is 23.2 Å². The number of nitrogens with zero attached hydrogens (tertiary/aromatic N) is 2. The van der Waals surface area contributed by atoms with E-state index in [1.807, 2.05) is 0 Å². The normalized spacial score (nSPS) is 12.4. The van der Waals surface area contributed by atoms with Crippen molar-refractivity contribution >= 4 is 52.4 Å². The highest BCUT2D eigenvalue weighted by Crippen LogP contribution is 2.34. The predicted molar refractivity (Wildman–Crippen MR) is 122 cm³/mol. The number of H-pyrrole nitrogens is 1. The number of aromatic carboxylic acids is 1. The van der Waals surface area contributed by atoms with E-state index in [-0.39, 0.29) is 23.0 Å². The van der Waals surface area contributed by atoms with E-state index in [9.17, 15) is 19.5 Å². The first-order valence-corrected chi connectivity index (χ1v) is 10.4. The van der Waals surface area contributed by atoms with Crippen LogP contribution in [0.3, 0.4) is 0 Å². The molecule has 0 spiro atoms. The SMILES string of the molecule is CC(C)(C)NC(=O)C(c1c(C(=O)O)[nH]c2cc(Cl)ccc12)N(C=O)Cc1ccc(Cl)nc1. The van der Waals surface area contributed by atoms with Gasteiger partial charge in [0, 0.05) is 39.8 Å². The molecule has 2 aromatic heterocycles. The average Bonchev–Trinajstić information content (AvgIpc) is 3.06. The summed E-state index contributed by atoms with van der Waals surface area (Å²) in [4.78, 5) is 45.7. The Morgan fingerprint density at radius 2 is 1.97 bits per heavy atom. The van der Waals surface area contributed by atoms with E-state index in [1.165, 1.54) is 11.1 Å². The van der Waals surface area contributed by atoms with Crippen molar-refractivity contribution in [3.05, 3.63) is 63.5 Å². The van der Waals surface area contributed by atoms with E-state index in [1.54, 1.807) is 51.1 Å². The Hall–Kier alpha value is -3.10. The minimum atomic E-state index is -1.26. The van der Waals surface area contributed by atoms with Gasteiger partial charge in [0.2, 0.25) is 12.3 Å². The van der Waals surface area contributed by atoms with Crippen LogP contribution in [0.2, 0.25) is 10.2 Å². The Morgan fingerprint density at radius 3 is 2.53 bits per heavy atom. The average molecular weight is 477 g/mol. The van der Waals surface area contributed by atoms with Gasteiger partial charge in [0.1, 0.15) is 16.9 Å². The molecule has 0 saturated heterocycles. The van der Waals surface area contributed by atoms with Crippen LogP contribution in [0.5, 0.6) is 0 Å². The van der Waals surface area contributed by atoms with Gasteiger partial charge in [0.05, 0.1) is 0 Å². The van der Waals surface area contributed by atoms with E-state index in [2.05, 4.69) is 15.3 Å². The van der Waals surface area contributed by atoms with Crippen LogP contribution in [0.4, 0.5) is 0 Å². The number of halogens is 2. The summed E-state index contributed by atoms with van der Waals surface area (Å²) in [5, 5.41) is 13.9. The molecular weight excluding hydrogens is 455 g/mol. The molecule has 32 heavy (non-hydrogen) atoms. The summed E-state index contributed by atoms with van der Waals surface area (Å²) in [5.74, 6) is -1.79. The van der Waals surface area contributed by atoms with Gasteiger partial charge in [-0.05, 0) is 44.5 Å². The number of hydrogen-bond acceptors (Lipinski definition) is 4. The first-order valence-electron chi connectivity index (χ1n) is 9.68. The molecule has 3 rings (SSSR count). The number of nitrogens with one attached hydrogen (secondary N) is 2. The molecule has 2 heterocycles. The predicted octanol–water partition coefficient (Wildman–Crippen LogP) is 4.18. The number of aromatic nitrogens is 2. The quantitative estimate of drug-likeness (QED) is 0.349. The molecule has 1 unspecified atom stereocenters. The van der Waals surface area contributed by atoms with Crippen molar-refractivity contribution in [3.63, 3.8) is 0 Å². The Kier molecular flexibility index (Phi) is 6.76. The molecule has 168 valence electrons. The number of aromatic amines is 1. The van der Waals surface area contributed by atoms with Crippen LogP contribution in [-0.4, -0.2) is 43.8 Å². The summed E-state index contributed by atoms with van der Waals surface area (Å²) in [6, 6.07) is 6.81. The molecule has 10 heteroatoms. The minimum Gasteiger partial charge on any atom is -0.477 e. The molecule has 1 aromatic carbocycles. The number of amides is 2. The molecular formula is C22H22Cl2N4O4. The standard InChI is InChI=1S/C22H22Cl2N4O4/c1-22(2,3)27-20(30)19(28(11-29)10-12-4-7-16(24)25-9-12)17-14-6-5-13(23)8-15(14)26-18(17)21(31)32/h4-9,11,19,26H,10H2,1-3H3,(H,27,30)(H,31,32). The van der Waals surface area contributed by atoms with Gasteiger partial charge in [0.15, 0.2) is 0 Å². The zero-order valence-electron chi connectivity index (χ0n) is 17.6. The molecule has 0 aliphatic heterocycles. The topological polar surface area (TPSA) is 115 Å². The van der Waals surface area contributed by atoms with Crippen molar-refractivity contribution in [1.29, 1.82) is 0 Å². The van der Waals surface area contributed by atoms with Gasteiger partial charge in [-0.2, -0.15) is 0 Å². The van der Waals surface area contributed by atoms with Crippen LogP contribution in [0, 0.1) is 0 Å². The summed E-state index contributed by atoms with van der Waals surface area (Å²) in [5.41, 5.74) is 0.412. The van der Waals surface area contributed by atoms with Gasteiger partial charge in [-0.3, -0.25) is 9.59 Å². The third kappa shape index (κ3) is 5.20. The summed E-state index contributed by atoms with van der Waals surface area (Å²) in [7, 11) is 0. The van der Waals surface area contributed by atoms with Crippen LogP contribution in [0.15, 0.2) is 36.5 Å². The lowest BCUT2D eigenvalue weighted by Crippen LogP contribution is -2.47. The molecule has 8 nitrogen and oxygen atoms in total. The number of benzene rings is 1. The molecule has 0 aliphatic carbocycles. The van der Waals surface area contributed by atoms with Crippen molar-refractivity contribution in [2.24, 2.45) is 0 Å². The van der Waals surface area contributed by atoms with Crippen LogP contribution in [-0.2, 0) is 16.1 Å². The second kappa shape index (κ2) is 9.18. The molecule has 0 saturated carbocycles. The largest absolute Gasteiger partial charge is 0.477 e. The lowest BCUT2D eigenvalue weighted by molar-refractivity contribution is -0.134. The van der Waals surface area contributed by atoms with Gasteiger partial charge in [-0.25, -0.2) is 9.78 Å². The number of hydrogen-bond donors (Lipinski definition) is 3. The van der Waals surface area contributed by atoms with E-state index in [0.29, 0.717) is 27.9 Å². The van der Waals surface area contributed by atoms with Crippen molar-refractivity contribution in [2.45, 2.75) is 38.9 Å². The van der Waals surface area contributed by atoms with Crippen LogP contribution in [0.1, 0.15) is 48.4 Å². The lowest BCUT2D eigenvalue weighted by Gasteiger charge is -2.31. The highest BCUT2D eigenvalue weighted by atomic mass is 35.5. The van der Waals surface area contributed by atoms with Gasteiger partial charge in [-0.15, -0.1) is 0 Å². The fourth-order valence-corrected chi connectivity index (χ4v) is 3.71. The molecule has 0 radical (unpaired) electrons. The molecule has 3 N–H and O–H groups in total. The van der Waals surface area contributed by atoms with Crippen molar-refractivity contribution in [3.8, 4) is 0 Å². The Balaban J connectivity index is 2.19. The van der Waals surface area contributed by atoms with Gasteiger partial charge >= 0.3 is 5.97 Å². The second-order valence-corrected chi connectivity index (χ2v) is 9.14. The third-order valence-electron chi connectivity index (χ3n) is 4.66. The van der Waals surface area contributed by atoms with Gasteiger partial charge < -0.3 is 20.3 Å². The maximum atomic E-state index is 13.4. The summed E-state index contributed by atoms with van der Waals surface area (Å²) in [6.07, 6.45) is 2.01. The molecule has 0 aliphatic rings. The fraction of sp³-hybridized carbons (Fsp3) is 0.273. The zero-order chi connectivity index (χ0) is 23.6. The van der Waals surface area contributed by atoms with Gasteiger partial charge in [0.25, 0.3) is 0 Å². The first-order chi connectivity index (χ1) is 15.0. The highest BCUT2D eigenvalue weighted by molar-refractivity contribution is 6.31. The van der Waals surface area contributed by atoms with Crippen molar-refractivity contribution in [2.75, 3.05) is 0 Å². The van der Waals surface area contributed by atoms with Crippen LogP contribution in [0.25, 0.3) is 10.9 Å². The fourth-order valence-electron chi connectivity index (χ4n) is 3.43. The Morgan fingerprint density at radius 1 is 1.25 bits per heavy atom. The molecule has 2 amide bonds. The number of carbonyl (C=O) groups excluding carboxylic acids is 2. The van der Waals surface area contributed by atoms with Gasteiger partial charge in [-0.1, -0.05) is 35.3 Å². The second-order valence-electron chi connectivity index (χ2n) is 8.32. The summed E-state index contributed by atoms with van der Waals surface area (Å²) < 4.78 is 0. The smallest absolute Gasteiger partial charge is 0.352 e. The number of carbonyl (C=O) groups is 3. The van der Waals surface area contributed by atoms with E-state index >= 15 is 0 Å². The van der Waals surface area contributed by atoms with Crippen molar-refractivity contribution in [1.82, 2.24) is 20.2 Å². The maximum Gasteiger partial charge on any atom is 0.352 e. The molecule has 1 atom stereocenters. The lowest BCUT2D eigenvalue weighted by atomic mass is 9.98. The maximum absolute atomic E-state index is 13.4. The molecule has 3 aromatic rings. The highest BCUT2D eigenvalue weighted by Gasteiger charge is 2.35. The first kappa shape index (κ1) is 23.6.